The summed E-state index contributed by atoms with van der Waals surface area (Å²) in [6.07, 6.45) is 7.29. The van der Waals surface area contributed by atoms with Crippen LogP contribution in [0.15, 0.2) is 41.6 Å². The molecule has 142 valence electrons. The van der Waals surface area contributed by atoms with E-state index in [1.54, 1.807) is 36.7 Å². The Hall–Kier alpha value is -2.16. The van der Waals surface area contributed by atoms with Gasteiger partial charge in [0, 0.05) is 30.0 Å². The molecule has 1 atom stereocenters. The van der Waals surface area contributed by atoms with Gasteiger partial charge in [-0.1, -0.05) is 0 Å². The fourth-order valence-electron chi connectivity index (χ4n) is 3.52. The van der Waals surface area contributed by atoms with E-state index in [1.165, 1.54) is 0 Å². The van der Waals surface area contributed by atoms with Crippen LogP contribution in [0.2, 0.25) is 0 Å². The molecule has 1 aliphatic carbocycles. The molecule has 1 saturated carbocycles. The SMILES string of the molecule is O=C(c1cnc(-c2ccc(S(=O)O)cc2)nc1)N(C1CCNCC1)C1CC1. The minimum Gasteiger partial charge on any atom is -0.332 e. The number of nitrogens with zero attached hydrogens (tertiary/aromatic N) is 3. The summed E-state index contributed by atoms with van der Waals surface area (Å²) in [5.74, 6) is 0.503. The molecule has 1 aromatic carbocycles. The predicted octanol–water partition coefficient (Wildman–Crippen LogP) is 2.08. The standard InChI is InChI=1S/C19H22N4O3S/c24-19(23(15-3-4-15)16-7-9-20-10-8-16)14-11-21-18(22-12-14)13-1-5-17(6-2-13)27(25)26/h1-2,5-6,11-12,15-16,20H,3-4,7-10H2,(H,25,26). The molecular formula is C19H22N4O3S. The molecule has 7 nitrogen and oxygen atoms in total. The highest BCUT2D eigenvalue weighted by molar-refractivity contribution is 7.79. The molecule has 2 fully saturated rings. The predicted molar refractivity (Wildman–Crippen MR) is 102 cm³/mol. The lowest BCUT2D eigenvalue weighted by Crippen LogP contribution is -2.47. The van der Waals surface area contributed by atoms with E-state index in [1.807, 2.05) is 4.90 Å². The summed E-state index contributed by atoms with van der Waals surface area (Å²) in [6.45, 7) is 1.90. The average Bonchev–Trinajstić information content (AvgIpc) is 3.54. The van der Waals surface area contributed by atoms with Crippen LogP contribution < -0.4 is 5.32 Å². The molecule has 1 aliphatic heterocycles. The maximum absolute atomic E-state index is 13.1. The number of aromatic nitrogens is 2. The molecule has 1 aromatic heterocycles. The smallest absolute Gasteiger partial charge is 0.257 e. The number of carbonyl (C=O) groups excluding carboxylic acids is 1. The Kier molecular flexibility index (Phi) is 5.29. The van der Waals surface area contributed by atoms with Gasteiger partial charge in [-0.15, -0.1) is 0 Å². The van der Waals surface area contributed by atoms with Gasteiger partial charge in [-0.3, -0.25) is 4.79 Å². The van der Waals surface area contributed by atoms with Gasteiger partial charge in [-0.25, -0.2) is 14.2 Å². The molecule has 2 aliphatic rings. The van der Waals surface area contributed by atoms with Gasteiger partial charge in [0.15, 0.2) is 16.9 Å². The number of carbonyl (C=O) groups is 1. The maximum atomic E-state index is 13.1. The zero-order valence-corrected chi connectivity index (χ0v) is 15.7. The lowest BCUT2D eigenvalue weighted by atomic mass is 10.0. The lowest BCUT2D eigenvalue weighted by molar-refractivity contribution is 0.0622. The van der Waals surface area contributed by atoms with Crippen molar-refractivity contribution < 1.29 is 13.6 Å². The second-order valence-corrected chi connectivity index (χ2v) is 7.96. The number of benzene rings is 1. The molecule has 4 rings (SSSR count). The number of hydrogen-bond acceptors (Lipinski definition) is 5. The van der Waals surface area contributed by atoms with Crippen molar-refractivity contribution in [3.05, 3.63) is 42.2 Å². The van der Waals surface area contributed by atoms with Crippen LogP contribution in [0.25, 0.3) is 11.4 Å². The van der Waals surface area contributed by atoms with Crippen molar-refractivity contribution in [1.29, 1.82) is 0 Å². The van der Waals surface area contributed by atoms with Gasteiger partial charge in [0.1, 0.15) is 0 Å². The third kappa shape index (κ3) is 4.07. The second kappa shape index (κ2) is 7.84. The first-order valence-corrected chi connectivity index (χ1v) is 10.3. The van der Waals surface area contributed by atoms with Crippen LogP contribution in [-0.4, -0.2) is 54.7 Å². The van der Waals surface area contributed by atoms with Crippen molar-refractivity contribution in [2.24, 2.45) is 0 Å². The number of rotatable bonds is 5. The van der Waals surface area contributed by atoms with Crippen LogP contribution in [0.5, 0.6) is 0 Å². The fourth-order valence-corrected chi connectivity index (χ4v) is 3.89. The zero-order valence-electron chi connectivity index (χ0n) is 14.9. The lowest BCUT2D eigenvalue weighted by Gasteiger charge is -2.35. The van der Waals surface area contributed by atoms with Crippen LogP contribution in [0, 0.1) is 0 Å². The molecule has 8 heteroatoms. The van der Waals surface area contributed by atoms with E-state index in [4.69, 9.17) is 4.55 Å². The van der Waals surface area contributed by atoms with E-state index in [9.17, 15) is 9.00 Å². The average molecular weight is 386 g/mol. The Balaban J connectivity index is 1.52. The first-order valence-electron chi connectivity index (χ1n) is 9.20. The Morgan fingerprint density at radius 1 is 1.04 bits per heavy atom. The molecule has 2 heterocycles. The molecule has 0 radical (unpaired) electrons. The van der Waals surface area contributed by atoms with Crippen molar-refractivity contribution in [2.45, 2.75) is 42.7 Å². The van der Waals surface area contributed by atoms with Gasteiger partial charge in [0.25, 0.3) is 5.91 Å². The molecular weight excluding hydrogens is 364 g/mol. The largest absolute Gasteiger partial charge is 0.332 e. The van der Waals surface area contributed by atoms with Crippen LogP contribution >= 0.6 is 0 Å². The van der Waals surface area contributed by atoms with Crippen LogP contribution in [-0.2, 0) is 11.1 Å². The summed E-state index contributed by atoms with van der Waals surface area (Å²) in [5, 5.41) is 3.35. The van der Waals surface area contributed by atoms with E-state index < -0.39 is 11.1 Å². The van der Waals surface area contributed by atoms with E-state index in [0.29, 0.717) is 22.3 Å². The van der Waals surface area contributed by atoms with E-state index in [-0.39, 0.29) is 11.9 Å². The molecule has 1 amide bonds. The van der Waals surface area contributed by atoms with Crippen molar-refractivity contribution in [1.82, 2.24) is 20.2 Å². The van der Waals surface area contributed by atoms with Crippen LogP contribution in [0.4, 0.5) is 0 Å². The van der Waals surface area contributed by atoms with Crippen LogP contribution in [0.1, 0.15) is 36.0 Å². The van der Waals surface area contributed by atoms with Gasteiger partial charge in [0.05, 0.1) is 10.5 Å². The number of hydrogen-bond donors (Lipinski definition) is 2. The summed E-state index contributed by atoms with van der Waals surface area (Å²) in [7, 11) is 0. The third-order valence-electron chi connectivity index (χ3n) is 5.09. The molecule has 0 bridgehead atoms. The maximum Gasteiger partial charge on any atom is 0.257 e. The highest BCUT2D eigenvalue weighted by Crippen LogP contribution is 2.32. The highest BCUT2D eigenvalue weighted by atomic mass is 32.2. The zero-order chi connectivity index (χ0) is 18.8. The summed E-state index contributed by atoms with van der Waals surface area (Å²) in [6, 6.07) is 7.18. The summed E-state index contributed by atoms with van der Waals surface area (Å²) in [5.41, 5.74) is 1.25. The second-order valence-electron chi connectivity index (χ2n) is 6.99. The number of nitrogens with one attached hydrogen (secondary N) is 1. The Labute approximate surface area is 160 Å². The first kappa shape index (κ1) is 18.2. The minimum atomic E-state index is -2.01. The van der Waals surface area contributed by atoms with Gasteiger partial charge in [0.2, 0.25) is 0 Å². The topological polar surface area (TPSA) is 95.4 Å². The third-order valence-corrected chi connectivity index (χ3v) is 5.77. The van der Waals surface area contributed by atoms with Gasteiger partial charge < -0.3 is 14.8 Å². The summed E-state index contributed by atoms with van der Waals surface area (Å²) >= 11 is -2.01. The van der Waals surface area contributed by atoms with Crippen molar-refractivity contribution in [2.75, 3.05) is 13.1 Å². The number of amides is 1. The van der Waals surface area contributed by atoms with Crippen molar-refractivity contribution in [3.8, 4) is 11.4 Å². The summed E-state index contributed by atoms with van der Waals surface area (Å²) < 4.78 is 20.1. The molecule has 0 spiro atoms. The molecule has 1 unspecified atom stereocenters. The Bertz CT molecular complexity index is 831. The molecule has 27 heavy (non-hydrogen) atoms. The fraction of sp³-hybridized carbons (Fsp3) is 0.421. The van der Waals surface area contributed by atoms with E-state index in [0.717, 1.165) is 44.3 Å². The number of piperidine rings is 1. The normalized spacial score (nSPS) is 18.9. The summed E-state index contributed by atoms with van der Waals surface area (Å²) in [4.78, 5) is 24.1. The molecule has 1 saturated heterocycles. The van der Waals surface area contributed by atoms with Crippen molar-refractivity contribution in [3.63, 3.8) is 0 Å². The Morgan fingerprint density at radius 2 is 1.63 bits per heavy atom. The van der Waals surface area contributed by atoms with E-state index >= 15 is 0 Å². The molecule has 2 N–H and O–H groups in total. The first-order chi connectivity index (χ1) is 13.1. The minimum absolute atomic E-state index is 0.0157. The molecule has 2 aromatic rings. The monoisotopic (exact) mass is 386 g/mol. The Morgan fingerprint density at radius 3 is 2.19 bits per heavy atom. The van der Waals surface area contributed by atoms with Gasteiger partial charge >= 0.3 is 0 Å². The van der Waals surface area contributed by atoms with Gasteiger partial charge in [-0.05, 0) is 63.0 Å². The van der Waals surface area contributed by atoms with Crippen molar-refractivity contribution >= 4 is 17.0 Å². The van der Waals surface area contributed by atoms with Gasteiger partial charge in [-0.2, -0.15) is 0 Å². The van der Waals surface area contributed by atoms with E-state index in [2.05, 4.69) is 15.3 Å². The van der Waals surface area contributed by atoms with Crippen LogP contribution in [0.3, 0.4) is 0 Å². The quantitative estimate of drug-likeness (QED) is 0.764. The highest BCUT2D eigenvalue weighted by Gasteiger charge is 2.38.